The van der Waals surface area contributed by atoms with Gasteiger partial charge < -0.3 is 10.2 Å². The molecule has 6 nitrogen and oxygen atoms in total. The Kier molecular flexibility index (Phi) is 5.97. The first-order valence-corrected chi connectivity index (χ1v) is 9.81. The van der Waals surface area contributed by atoms with Crippen molar-refractivity contribution in [2.45, 2.75) is 33.6 Å². The van der Waals surface area contributed by atoms with Gasteiger partial charge >= 0.3 is 0 Å². The van der Waals surface area contributed by atoms with E-state index < -0.39 is 4.92 Å². The molecule has 0 unspecified atom stereocenters. The van der Waals surface area contributed by atoms with E-state index in [1.54, 1.807) is 12.1 Å². The van der Waals surface area contributed by atoms with Gasteiger partial charge in [-0.05, 0) is 48.4 Å². The molecule has 6 heteroatoms. The summed E-state index contributed by atoms with van der Waals surface area (Å²) in [7, 11) is 0. The number of hydrogen-bond acceptors (Lipinski definition) is 4. The molecule has 0 bridgehead atoms. The first-order valence-electron chi connectivity index (χ1n) is 9.81. The van der Waals surface area contributed by atoms with E-state index >= 15 is 0 Å². The third-order valence-corrected chi connectivity index (χ3v) is 5.29. The minimum atomic E-state index is -0.393. The van der Waals surface area contributed by atoms with E-state index in [0.717, 1.165) is 37.2 Å². The van der Waals surface area contributed by atoms with Gasteiger partial charge in [0.25, 0.3) is 11.6 Å². The van der Waals surface area contributed by atoms with Crippen LogP contribution in [0, 0.1) is 22.0 Å². The molecule has 1 aliphatic heterocycles. The van der Waals surface area contributed by atoms with E-state index in [2.05, 4.69) is 24.1 Å². The maximum Gasteiger partial charge on any atom is 0.293 e. The monoisotopic (exact) mass is 381 g/mol. The largest absolute Gasteiger partial charge is 0.365 e. The number of hydrogen-bond donors (Lipinski definition) is 1. The number of nitro benzene ring substituents is 1. The van der Waals surface area contributed by atoms with Crippen molar-refractivity contribution >= 4 is 23.0 Å². The summed E-state index contributed by atoms with van der Waals surface area (Å²) in [6, 6.07) is 12.4. The minimum Gasteiger partial charge on any atom is -0.365 e. The molecule has 1 amide bonds. The molecule has 1 heterocycles. The zero-order valence-electron chi connectivity index (χ0n) is 16.6. The van der Waals surface area contributed by atoms with E-state index in [4.69, 9.17) is 0 Å². The minimum absolute atomic E-state index is 0.0160. The summed E-state index contributed by atoms with van der Waals surface area (Å²) < 4.78 is 0. The molecule has 1 N–H and O–H groups in total. The van der Waals surface area contributed by atoms with Crippen LogP contribution >= 0.6 is 0 Å². The molecule has 2 aromatic rings. The zero-order chi connectivity index (χ0) is 20.3. The molecule has 0 saturated carbocycles. The number of nitro groups is 1. The fourth-order valence-corrected chi connectivity index (χ4v) is 4.08. The predicted octanol–water partition coefficient (Wildman–Crippen LogP) is 4.89. The van der Waals surface area contributed by atoms with Crippen LogP contribution < -0.4 is 10.2 Å². The van der Waals surface area contributed by atoms with Gasteiger partial charge in [-0.1, -0.05) is 39.0 Å². The van der Waals surface area contributed by atoms with Crippen LogP contribution in [-0.4, -0.2) is 23.9 Å². The summed E-state index contributed by atoms with van der Waals surface area (Å²) in [5, 5.41) is 14.6. The van der Waals surface area contributed by atoms with E-state index in [-0.39, 0.29) is 11.6 Å². The lowest BCUT2D eigenvalue weighted by Gasteiger charge is -2.36. The second-order valence-corrected chi connectivity index (χ2v) is 7.78. The van der Waals surface area contributed by atoms with Crippen LogP contribution in [0.25, 0.3) is 0 Å². The van der Waals surface area contributed by atoms with E-state index in [1.165, 1.54) is 6.07 Å². The molecule has 28 heavy (non-hydrogen) atoms. The molecular formula is C22H27N3O3. The van der Waals surface area contributed by atoms with Crippen LogP contribution in [0.5, 0.6) is 0 Å². The predicted molar refractivity (Wildman–Crippen MR) is 112 cm³/mol. The number of carbonyl (C=O) groups excluding carboxylic acids is 1. The van der Waals surface area contributed by atoms with Crippen molar-refractivity contribution in [1.29, 1.82) is 0 Å². The van der Waals surface area contributed by atoms with Crippen molar-refractivity contribution in [2.75, 3.05) is 23.3 Å². The fraction of sp³-hybridized carbons (Fsp3) is 0.409. The topological polar surface area (TPSA) is 75.5 Å². The summed E-state index contributed by atoms with van der Waals surface area (Å²) in [5.41, 5.74) is 2.63. The van der Waals surface area contributed by atoms with Crippen LogP contribution in [0.3, 0.4) is 0 Å². The molecular weight excluding hydrogens is 354 g/mol. The van der Waals surface area contributed by atoms with Crippen LogP contribution in [0.2, 0.25) is 0 Å². The van der Waals surface area contributed by atoms with Crippen molar-refractivity contribution in [3.05, 3.63) is 63.7 Å². The number of nitrogens with zero attached hydrogens (tertiary/aromatic N) is 2. The van der Waals surface area contributed by atoms with Gasteiger partial charge in [0.1, 0.15) is 5.69 Å². The highest BCUT2D eigenvalue weighted by Gasteiger charge is 2.28. The van der Waals surface area contributed by atoms with Crippen molar-refractivity contribution in [3.63, 3.8) is 0 Å². The molecule has 2 aromatic carbocycles. The van der Waals surface area contributed by atoms with Crippen molar-refractivity contribution in [3.8, 4) is 0 Å². The van der Waals surface area contributed by atoms with E-state index in [1.807, 2.05) is 31.2 Å². The number of nitrogens with one attached hydrogen (secondary N) is 1. The van der Waals surface area contributed by atoms with Gasteiger partial charge in [-0.3, -0.25) is 14.9 Å². The van der Waals surface area contributed by atoms with Gasteiger partial charge in [-0.2, -0.15) is 0 Å². The first kappa shape index (κ1) is 19.9. The molecule has 0 aliphatic carbocycles. The Hall–Kier alpha value is -2.89. The van der Waals surface area contributed by atoms with E-state index in [0.29, 0.717) is 23.1 Å². The fourth-order valence-electron chi connectivity index (χ4n) is 4.08. The maximum absolute atomic E-state index is 12.7. The van der Waals surface area contributed by atoms with Gasteiger partial charge in [-0.15, -0.1) is 0 Å². The summed E-state index contributed by atoms with van der Waals surface area (Å²) in [6.45, 7) is 7.94. The van der Waals surface area contributed by atoms with Crippen molar-refractivity contribution < 1.29 is 9.72 Å². The van der Waals surface area contributed by atoms with Crippen LogP contribution in [0.15, 0.2) is 42.5 Å². The smallest absolute Gasteiger partial charge is 0.293 e. The first-order chi connectivity index (χ1) is 13.4. The van der Waals surface area contributed by atoms with Crippen molar-refractivity contribution in [2.24, 2.45) is 11.8 Å². The lowest BCUT2D eigenvalue weighted by Crippen LogP contribution is -2.39. The van der Waals surface area contributed by atoms with Crippen molar-refractivity contribution in [1.82, 2.24) is 0 Å². The van der Waals surface area contributed by atoms with E-state index in [9.17, 15) is 14.9 Å². The highest BCUT2D eigenvalue weighted by molar-refractivity contribution is 6.05. The number of aryl methyl sites for hydroxylation is 1. The number of para-hydroxylation sites is 1. The lowest BCUT2D eigenvalue weighted by atomic mass is 9.91. The van der Waals surface area contributed by atoms with Gasteiger partial charge in [0.15, 0.2) is 0 Å². The lowest BCUT2D eigenvalue weighted by molar-refractivity contribution is -0.384. The number of rotatable bonds is 5. The quantitative estimate of drug-likeness (QED) is 0.591. The Morgan fingerprint density at radius 1 is 1.18 bits per heavy atom. The Morgan fingerprint density at radius 2 is 1.86 bits per heavy atom. The maximum atomic E-state index is 12.7. The number of benzene rings is 2. The normalized spacial score (nSPS) is 19.3. The summed E-state index contributed by atoms with van der Waals surface area (Å²) in [6.07, 6.45) is 1.92. The Labute approximate surface area is 165 Å². The number of amides is 1. The molecule has 2 atom stereocenters. The van der Waals surface area contributed by atoms with Crippen LogP contribution in [0.4, 0.5) is 17.1 Å². The standard InChI is InChI=1S/C22H27N3O3/c1-4-17-7-5-6-8-19(17)23-22(26)18-9-10-20(21(12-18)25(27)28)24-13-15(2)11-16(3)14-24/h5-10,12,15-16H,4,11,13-14H2,1-3H3,(H,23,26)/t15-,16-/m0/s1. The molecule has 1 fully saturated rings. The van der Waals surface area contributed by atoms with Gasteiger partial charge in [0.2, 0.25) is 0 Å². The molecule has 0 spiro atoms. The highest BCUT2D eigenvalue weighted by atomic mass is 16.6. The molecule has 148 valence electrons. The number of piperidine rings is 1. The van der Waals surface area contributed by atoms with Gasteiger partial charge in [-0.25, -0.2) is 0 Å². The molecule has 0 radical (unpaired) electrons. The Bertz CT molecular complexity index is 871. The molecule has 1 saturated heterocycles. The van der Waals surface area contributed by atoms with Gasteiger partial charge in [0, 0.05) is 30.4 Å². The summed E-state index contributed by atoms with van der Waals surface area (Å²) in [5.74, 6) is 0.629. The third kappa shape index (κ3) is 4.32. The Morgan fingerprint density at radius 3 is 2.50 bits per heavy atom. The average molecular weight is 381 g/mol. The average Bonchev–Trinajstić information content (AvgIpc) is 2.67. The molecule has 3 rings (SSSR count). The number of anilines is 2. The second kappa shape index (κ2) is 8.42. The SMILES string of the molecule is CCc1ccccc1NC(=O)c1ccc(N2C[C@@H](C)C[C@H](C)C2)c([N+](=O)[O-])c1. The summed E-state index contributed by atoms with van der Waals surface area (Å²) >= 11 is 0. The molecule has 0 aromatic heterocycles. The van der Waals surface area contributed by atoms with Crippen LogP contribution in [-0.2, 0) is 6.42 Å². The zero-order valence-corrected chi connectivity index (χ0v) is 16.6. The van der Waals surface area contributed by atoms with Crippen LogP contribution in [0.1, 0.15) is 43.1 Å². The highest BCUT2D eigenvalue weighted by Crippen LogP contribution is 2.34. The third-order valence-electron chi connectivity index (χ3n) is 5.29. The number of carbonyl (C=O) groups is 1. The Balaban J connectivity index is 1.88. The summed E-state index contributed by atoms with van der Waals surface area (Å²) in [4.78, 5) is 26.1. The molecule has 1 aliphatic rings. The van der Waals surface area contributed by atoms with Gasteiger partial charge in [0.05, 0.1) is 4.92 Å². The second-order valence-electron chi connectivity index (χ2n) is 7.78.